The van der Waals surface area contributed by atoms with Crippen LogP contribution in [0.1, 0.15) is 28.3 Å². The van der Waals surface area contributed by atoms with Gasteiger partial charge in [0.1, 0.15) is 0 Å². The van der Waals surface area contributed by atoms with Crippen molar-refractivity contribution >= 4 is 34.7 Å². The lowest BCUT2D eigenvalue weighted by Crippen LogP contribution is -2.30. The van der Waals surface area contributed by atoms with E-state index in [1.165, 1.54) is 0 Å². The Bertz CT molecular complexity index is 1090. The van der Waals surface area contributed by atoms with Crippen molar-refractivity contribution in [2.24, 2.45) is 0 Å². The molecule has 0 aliphatic carbocycles. The fraction of sp³-hybridized carbons (Fsp3) is 0.125. The number of hydrogen-bond acceptors (Lipinski definition) is 2. The molecular weight excluding hydrogens is 405 g/mol. The van der Waals surface area contributed by atoms with E-state index in [2.05, 4.69) is 0 Å². The number of nitrogens with zero attached hydrogens (tertiary/aromatic N) is 1. The maximum Gasteiger partial charge on any atom is 0.290 e. The Kier molecular flexibility index (Phi) is 5.35. The summed E-state index contributed by atoms with van der Waals surface area (Å²) in [6.45, 7) is 2.28. The van der Waals surface area contributed by atoms with Gasteiger partial charge < -0.3 is 10.0 Å². The molecule has 29 heavy (non-hydrogen) atoms. The van der Waals surface area contributed by atoms with Crippen LogP contribution in [-0.2, 0) is 11.3 Å². The topological polar surface area (TPSA) is 40.5 Å². The van der Waals surface area contributed by atoms with Crippen LogP contribution < -0.4 is 0 Å². The fourth-order valence-corrected chi connectivity index (χ4v) is 3.97. The predicted molar refractivity (Wildman–Crippen MR) is 117 cm³/mol. The largest absolute Gasteiger partial charge is 0.503 e. The molecule has 3 nitrogen and oxygen atoms in total. The van der Waals surface area contributed by atoms with Crippen LogP contribution in [0.3, 0.4) is 0 Å². The zero-order valence-electron chi connectivity index (χ0n) is 15.8. The van der Waals surface area contributed by atoms with E-state index in [1.54, 1.807) is 23.1 Å². The molecule has 1 N–H and O–H groups in total. The van der Waals surface area contributed by atoms with Crippen LogP contribution in [0.2, 0.25) is 10.0 Å². The van der Waals surface area contributed by atoms with Crippen LogP contribution in [0.15, 0.2) is 78.6 Å². The number of aliphatic hydroxyl groups is 1. The van der Waals surface area contributed by atoms with Crippen molar-refractivity contribution in [3.05, 3.63) is 111 Å². The zero-order chi connectivity index (χ0) is 20.5. The molecule has 0 radical (unpaired) electrons. The molecule has 0 saturated carbocycles. The van der Waals surface area contributed by atoms with Crippen molar-refractivity contribution in [3.63, 3.8) is 0 Å². The summed E-state index contributed by atoms with van der Waals surface area (Å²) in [5.41, 5.74) is 4.19. The first kappa shape index (κ1) is 19.6. The van der Waals surface area contributed by atoms with Gasteiger partial charge in [0.15, 0.2) is 5.76 Å². The van der Waals surface area contributed by atoms with Gasteiger partial charge in [-0.2, -0.15) is 0 Å². The number of benzene rings is 3. The lowest BCUT2D eigenvalue weighted by Gasteiger charge is -2.28. The number of hydrogen-bond donors (Lipinski definition) is 1. The predicted octanol–water partition coefficient (Wildman–Crippen LogP) is 6.35. The molecule has 0 spiro atoms. The van der Waals surface area contributed by atoms with E-state index in [0.717, 1.165) is 22.3 Å². The first-order valence-electron chi connectivity index (χ1n) is 9.25. The molecule has 0 saturated heterocycles. The third kappa shape index (κ3) is 3.76. The van der Waals surface area contributed by atoms with E-state index in [0.29, 0.717) is 15.6 Å². The quantitative estimate of drug-likeness (QED) is 0.530. The number of aliphatic hydroxyl groups excluding tert-OH is 1. The van der Waals surface area contributed by atoms with Crippen LogP contribution in [-0.4, -0.2) is 15.9 Å². The minimum atomic E-state index is -0.446. The van der Waals surface area contributed by atoms with Crippen LogP contribution in [0.5, 0.6) is 0 Å². The first-order valence-corrected chi connectivity index (χ1v) is 10.0. The molecule has 0 fully saturated rings. The van der Waals surface area contributed by atoms with E-state index in [-0.39, 0.29) is 12.3 Å². The molecule has 5 heteroatoms. The second-order valence-corrected chi connectivity index (χ2v) is 7.95. The minimum Gasteiger partial charge on any atom is -0.503 e. The molecule has 1 aliphatic rings. The van der Waals surface area contributed by atoms with E-state index >= 15 is 0 Å². The van der Waals surface area contributed by atoms with Gasteiger partial charge in [0, 0.05) is 22.2 Å². The normalized spacial score (nSPS) is 16.6. The summed E-state index contributed by atoms with van der Waals surface area (Å²) < 4.78 is 0. The van der Waals surface area contributed by atoms with Gasteiger partial charge in [0.2, 0.25) is 0 Å². The SMILES string of the molecule is Cc1ccc(C2=C(O)C(=O)N(Cc3ccccc3Cl)C2c2ccc(Cl)cc2)cc1. The molecule has 146 valence electrons. The van der Waals surface area contributed by atoms with Gasteiger partial charge in [-0.25, -0.2) is 0 Å². The summed E-state index contributed by atoms with van der Waals surface area (Å²) in [5, 5.41) is 12.0. The highest BCUT2D eigenvalue weighted by atomic mass is 35.5. The standard InChI is InChI=1S/C24H19Cl2NO2/c1-15-6-8-16(9-7-15)21-22(17-10-12-19(25)13-11-17)27(24(29)23(21)28)14-18-4-2-3-5-20(18)26/h2-13,22,28H,14H2,1H3. The van der Waals surface area contributed by atoms with Gasteiger partial charge in [0.25, 0.3) is 5.91 Å². The molecule has 0 aromatic heterocycles. The van der Waals surface area contributed by atoms with Gasteiger partial charge in [-0.3, -0.25) is 4.79 Å². The van der Waals surface area contributed by atoms with Crippen LogP contribution >= 0.6 is 23.2 Å². The Morgan fingerprint density at radius 2 is 1.59 bits per heavy atom. The molecule has 3 aromatic rings. The molecule has 1 amide bonds. The monoisotopic (exact) mass is 423 g/mol. The van der Waals surface area contributed by atoms with Gasteiger partial charge in [-0.1, -0.05) is 83.4 Å². The van der Waals surface area contributed by atoms with Crippen LogP contribution in [0.4, 0.5) is 0 Å². The van der Waals surface area contributed by atoms with E-state index in [1.807, 2.05) is 61.5 Å². The highest BCUT2D eigenvalue weighted by molar-refractivity contribution is 6.31. The summed E-state index contributed by atoms with van der Waals surface area (Å²) >= 11 is 12.4. The van der Waals surface area contributed by atoms with Crippen molar-refractivity contribution in [1.82, 2.24) is 4.90 Å². The third-order valence-electron chi connectivity index (χ3n) is 5.15. The Balaban J connectivity index is 1.83. The lowest BCUT2D eigenvalue weighted by molar-refractivity contribution is -0.130. The maximum absolute atomic E-state index is 13.1. The van der Waals surface area contributed by atoms with Crippen molar-refractivity contribution in [1.29, 1.82) is 0 Å². The molecular formula is C24H19Cl2NO2. The lowest BCUT2D eigenvalue weighted by atomic mass is 9.93. The molecule has 0 bridgehead atoms. The summed E-state index contributed by atoms with van der Waals surface area (Å²) in [7, 11) is 0. The van der Waals surface area contributed by atoms with Gasteiger partial charge in [-0.05, 0) is 41.8 Å². The number of carbonyl (C=O) groups is 1. The fourth-order valence-electron chi connectivity index (χ4n) is 3.65. The van der Waals surface area contributed by atoms with Gasteiger partial charge in [0.05, 0.1) is 6.04 Å². The summed E-state index contributed by atoms with van der Waals surface area (Å²) in [6.07, 6.45) is 0. The van der Waals surface area contributed by atoms with Gasteiger partial charge >= 0.3 is 0 Å². The number of amides is 1. The zero-order valence-corrected chi connectivity index (χ0v) is 17.3. The summed E-state index contributed by atoms with van der Waals surface area (Å²) in [4.78, 5) is 14.7. The molecule has 3 aromatic carbocycles. The highest BCUT2D eigenvalue weighted by Crippen LogP contribution is 2.44. The first-order chi connectivity index (χ1) is 14.0. The number of rotatable bonds is 4. The average molecular weight is 424 g/mol. The minimum absolute atomic E-state index is 0.235. The highest BCUT2D eigenvalue weighted by Gasteiger charge is 2.41. The van der Waals surface area contributed by atoms with Crippen molar-refractivity contribution in [2.45, 2.75) is 19.5 Å². The Hall–Kier alpha value is -2.75. The summed E-state index contributed by atoms with van der Waals surface area (Å²) in [5.74, 6) is -0.652. The van der Waals surface area contributed by atoms with E-state index < -0.39 is 11.9 Å². The van der Waals surface area contributed by atoms with Crippen LogP contribution in [0, 0.1) is 6.92 Å². The van der Waals surface area contributed by atoms with Crippen LogP contribution in [0.25, 0.3) is 5.57 Å². The molecule has 1 heterocycles. The number of carbonyl (C=O) groups excluding carboxylic acids is 1. The number of halogens is 2. The van der Waals surface area contributed by atoms with Crippen molar-refractivity contribution < 1.29 is 9.90 Å². The van der Waals surface area contributed by atoms with E-state index in [9.17, 15) is 9.90 Å². The second kappa shape index (κ2) is 7.94. The smallest absolute Gasteiger partial charge is 0.290 e. The molecule has 1 aliphatic heterocycles. The average Bonchev–Trinajstić information content (AvgIpc) is 2.96. The summed E-state index contributed by atoms with van der Waals surface area (Å²) in [6, 6.07) is 22.1. The molecule has 1 unspecified atom stereocenters. The van der Waals surface area contributed by atoms with E-state index in [4.69, 9.17) is 23.2 Å². The maximum atomic E-state index is 13.1. The third-order valence-corrected chi connectivity index (χ3v) is 5.77. The molecule has 4 rings (SSSR count). The number of aryl methyl sites for hydroxylation is 1. The Labute approximate surface area is 179 Å². The van der Waals surface area contributed by atoms with Gasteiger partial charge in [-0.15, -0.1) is 0 Å². The van der Waals surface area contributed by atoms with Crippen molar-refractivity contribution in [3.8, 4) is 0 Å². The second-order valence-electron chi connectivity index (χ2n) is 7.11. The molecule has 1 atom stereocenters. The Morgan fingerprint density at radius 3 is 2.24 bits per heavy atom. The Morgan fingerprint density at radius 1 is 0.931 bits per heavy atom. The van der Waals surface area contributed by atoms with Crippen molar-refractivity contribution in [2.75, 3.05) is 0 Å².